The van der Waals surface area contributed by atoms with Crippen molar-refractivity contribution in [2.24, 2.45) is 0 Å². The minimum atomic E-state index is 0.896. The van der Waals surface area contributed by atoms with Crippen molar-refractivity contribution in [1.82, 2.24) is 14.9 Å². The zero-order valence-electron chi connectivity index (χ0n) is 11.0. The highest BCUT2D eigenvalue weighted by Gasteiger charge is 2.04. The smallest absolute Gasteiger partial charge is 0.166 e. The van der Waals surface area contributed by atoms with E-state index in [0.717, 1.165) is 41.6 Å². The quantitative estimate of drug-likeness (QED) is 0.591. The topological polar surface area (TPSA) is 31.9 Å². The van der Waals surface area contributed by atoms with Gasteiger partial charge in [0.2, 0.25) is 0 Å². The van der Waals surface area contributed by atoms with E-state index in [2.05, 4.69) is 28.0 Å². The van der Waals surface area contributed by atoms with Crippen LogP contribution in [-0.2, 0) is 0 Å². The van der Waals surface area contributed by atoms with Crippen LogP contribution in [0, 0.1) is 0 Å². The summed E-state index contributed by atoms with van der Waals surface area (Å²) in [6.45, 7) is 10.3. The second kappa shape index (κ2) is 7.16. The minimum Gasteiger partial charge on any atom is -0.333 e. The van der Waals surface area contributed by atoms with Crippen molar-refractivity contribution in [2.45, 2.75) is 5.16 Å². The van der Waals surface area contributed by atoms with Crippen molar-refractivity contribution in [1.29, 1.82) is 0 Å². The molecule has 0 bridgehead atoms. The fourth-order valence-corrected chi connectivity index (χ4v) is 2.78. The highest BCUT2D eigenvalue weighted by molar-refractivity contribution is 7.99. The van der Waals surface area contributed by atoms with Crippen molar-refractivity contribution in [3.63, 3.8) is 0 Å². The molecule has 0 amide bonds. The maximum atomic E-state index is 4.55. The molecular formula is C15H19N3S. The molecule has 0 aliphatic heterocycles. The van der Waals surface area contributed by atoms with Gasteiger partial charge < -0.3 is 4.98 Å². The molecule has 0 spiro atoms. The molecule has 2 aromatic rings. The molecule has 0 atom stereocenters. The molecule has 0 aliphatic rings. The van der Waals surface area contributed by atoms with E-state index in [0.29, 0.717) is 0 Å². The Morgan fingerprint density at radius 3 is 2.63 bits per heavy atom. The molecule has 19 heavy (non-hydrogen) atoms. The molecule has 1 heterocycles. The summed E-state index contributed by atoms with van der Waals surface area (Å²) in [5.74, 6) is 1.00. The summed E-state index contributed by atoms with van der Waals surface area (Å²) in [4.78, 5) is 10.2. The molecule has 3 nitrogen and oxygen atoms in total. The molecule has 0 unspecified atom stereocenters. The average molecular weight is 273 g/mol. The predicted octanol–water partition coefficient (Wildman–Crippen LogP) is 3.33. The fraction of sp³-hybridized carbons (Fsp3) is 0.267. The number of benzene rings is 1. The van der Waals surface area contributed by atoms with Gasteiger partial charge in [0.05, 0.1) is 11.0 Å². The van der Waals surface area contributed by atoms with Gasteiger partial charge in [-0.2, -0.15) is 0 Å². The van der Waals surface area contributed by atoms with Crippen molar-refractivity contribution < 1.29 is 0 Å². The number of imidazole rings is 1. The summed E-state index contributed by atoms with van der Waals surface area (Å²) in [7, 11) is 0. The molecule has 1 N–H and O–H groups in total. The van der Waals surface area contributed by atoms with Gasteiger partial charge >= 0.3 is 0 Å². The summed E-state index contributed by atoms with van der Waals surface area (Å²) in [6, 6.07) is 8.10. The van der Waals surface area contributed by atoms with E-state index in [1.807, 2.05) is 36.4 Å². The zero-order chi connectivity index (χ0) is 13.5. The van der Waals surface area contributed by atoms with E-state index in [-0.39, 0.29) is 0 Å². The number of H-pyrrole nitrogens is 1. The van der Waals surface area contributed by atoms with Crippen LogP contribution < -0.4 is 0 Å². The molecule has 100 valence electrons. The van der Waals surface area contributed by atoms with Crippen LogP contribution in [0.3, 0.4) is 0 Å². The first kappa shape index (κ1) is 13.9. The van der Waals surface area contributed by atoms with Gasteiger partial charge in [-0.15, -0.1) is 13.2 Å². The van der Waals surface area contributed by atoms with Gasteiger partial charge in [0.25, 0.3) is 0 Å². The van der Waals surface area contributed by atoms with Gasteiger partial charge in [-0.25, -0.2) is 4.98 Å². The first-order valence-corrected chi connectivity index (χ1v) is 7.33. The Hall–Kier alpha value is -1.52. The third-order valence-electron chi connectivity index (χ3n) is 2.79. The predicted molar refractivity (Wildman–Crippen MR) is 83.7 cm³/mol. The van der Waals surface area contributed by atoms with E-state index in [4.69, 9.17) is 0 Å². The molecule has 4 heteroatoms. The second-order valence-corrected chi connectivity index (χ2v) is 5.33. The van der Waals surface area contributed by atoms with Crippen LogP contribution in [0.1, 0.15) is 0 Å². The SMILES string of the molecule is C=CCN(CC=C)CCSc1nc2ccccc2[nH]1. The van der Waals surface area contributed by atoms with Crippen molar-refractivity contribution in [3.8, 4) is 0 Å². The van der Waals surface area contributed by atoms with Crippen molar-refractivity contribution in [2.75, 3.05) is 25.4 Å². The molecular weight excluding hydrogens is 254 g/mol. The maximum absolute atomic E-state index is 4.55. The Morgan fingerprint density at radius 2 is 1.95 bits per heavy atom. The first-order chi connectivity index (χ1) is 9.33. The number of hydrogen-bond donors (Lipinski definition) is 1. The Bertz CT molecular complexity index is 504. The molecule has 0 fully saturated rings. The minimum absolute atomic E-state index is 0.896. The summed E-state index contributed by atoms with van der Waals surface area (Å²) < 4.78 is 0. The Morgan fingerprint density at radius 1 is 1.21 bits per heavy atom. The lowest BCUT2D eigenvalue weighted by Crippen LogP contribution is -2.26. The summed E-state index contributed by atoms with van der Waals surface area (Å²) >= 11 is 1.75. The van der Waals surface area contributed by atoms with Crippen LogP contribution in [0.2, 0.25) is 0 Å². The van der Waals surface area contributed by atoms with Crippen LogP contribution >= 0.6 is 11.8 Å². The molecule has 0 saturated carbocycles. The highest BCUT2D eigenvalue weighted by Crippen LogP contribution is 2.18. The van der Waals surface area contributed by atoms with E-state index >= 15 is 0 Å². The molecule has 0 radical (unpaired) electrons. The van der Waals surface area contributed by atoms with Gasteiger partial charge in [-0.3, -0.25) is 4.90 Å². The highest BCUT2D eigenvalue weighted by atomic mass is 32.2. The van der Waals surface area contributed by atoms with Crippen molar-refractivity contribution in [3.05, 3.63) is 49.6 Å². The Kier molecular flexibility index (Phi) is 5.24. The third kappa shape index (κ3) is 3.98. The van der Waals surface area contributed by atoms with Crippen LogP contribution in [0.15, 0.2) is 54.7 Å². The lowest BCUT2D eigenvalue weighted by Gasteiger charge is -2.17. The number of nitrogens with zero attached hydrogens (tertiary/aromatic N) is 2. The molecule has 2 rings (SSSR count). The Labute approximate surface area is 118 Å². The fourth-order valence-electron chi connectivity index (χ4n) is 1.89. The van der Waals surface area contributed by atoms with Crippen LogP contribution in [-0.4, -0.2) is 40.3 Å². The van der Waals surface area contributed by atoms with E-state index < -0.39 is 0 Å². The number of para-hydroxylation sites is 2. The number of aromatic amines is 1. The maximum Gasteiger partial charge on any atom is 0.166 e. The van der Waals surface area contributed by atoms with Gasteiger partial charge in [0, 0.05) is 25.4 Å². The number of thioether (sulfide) groups is 1. The van der Waals surface area contributed by atoms with Gasteiger partial charge in [-0.1, -0.05) is 36.0 Å². The average Bonchev–Trinajstić information content (AvgIpc) is 2.82. The molecule has 0 saturated heterocycles. The monoisotopic (exact) mass is 273 g/mol. The molecule has 0 aliphatic carbocycles. The normalized spacial score (nSPS) is 11.0. The second-order valence-electron chi connectivity index (χ2n) is 4.24. The standard InChI is InChI=1S/C15H19N3S/c1-3-9-18(10-4-2)11-12-19-15-16-13-7-5-6-8-14(13)17-15/h3-8H,1-2,9-12H2,(H,16,17). The van der Waals surface area contributed by atoms with Crippen molar-refractivity contribution >= 4 is 22.8 Å². The third-order valence-corrected chi connectivity index (χ3v) is 3.64. The van der Waals surface area contributed by atoms with E-state index in [1.165, 1.54) is 0 Å². The van der Waals surface area contributed by atoms with Gasteiger partial charge in [0.15, 0.2) is 5.16 Å². The van der Waals surface area contributed by atoms with Crippen LogP contribution in [0.25, 0.3) is 11.0 Å². The zero-order valence-corrected chi connectivity index (χ0v) is 11.8. The molecule has 1 aromatic heterocycles. The summed E-state index contributed by atoms with van der Waals surface area (Å²) in [5.41, 5.74) is 2.12. The number of nitrogens with one attached hydrogen (secondary N) is 1. The number of rotatable bonds is 8. The van der Waals surface area contributed by atoms with Crippen LogP contribution in [0.5, 0.6) is 0 Å². The van der Waals surface area contributed by atoms with E-state index in [1.54, 1.807) is 11.8 Å². The molecule has 1 aromatic carbocycles. The van der Waals surface area contributed by atoms with E-state index in [9.17, 15) is 0 Å². The van der Waals surface area contributed by atoms with Gasteiger partial charge in [-0.05, 0) is 12.1 Å². The first-order valence-electron chi connectivity index (χ1n) is 6.35. The lowest BCUT2D eigenvalue weighted by molar-refractivity contribution is 0.358. The Balaban J connectivity index is 1.87. The number of fused-ring (bicyclic) bond motifs is 1. The van der Waals surface area contributed by atoms with Gasteiger partial charge in [0.1, 0.15) is 0 Å². The van der Waals surface area contributed by atoms with Crippen LogP contribution in [0.4, 0.5) is 0 Å². The largest absolute Gasteiger partial charge is 0.333 e. The number of aromatic nitrogens is 2. The summed E-state index contributed by atoms with van der Waals surface area (Å²) in [5, 5.41) is 0.985. The lowest BCUT2D eigenvalue weighted by atomic mass is 10.3. The summed E-state index contributed by atoms with van der Waals surface area (Å²) in [6.07, 6.45) is 3.85. The number of hydrogen-bond acceptors (Lipinski definition) is 3.